The minimum absolute atomic E-state index is 0.0143. The molecule has 9 heteroatoms. The number of anilines is 1. The summed E-state index contributed by atoms with van der Waals surface area (Å²) < 4.78 is 26.5. The number of benzene rings is 1. The highest BCUT2D eigenvalue weighted by atomic mass is 32.2. The Kier molecular flexibility index (Phi) is 5.37. The molecule has 7 nitrogen and oxygen atoms in total. The molecule has 0 unspecified atom stereocenters. The van der Waals surface area contributed by atoms with Gasteiger partial charge >= 0.3 is 0 Å². The van der Waals surface area contributed by atoms with Gasteiger partial charge in [0, 0.05) is 17.0 Å². The van der Waals surface area contributed by atoms with Crippen molar-refractivity contribution in [2.75, 3.05) is 5.32 Å². The molecule has 0 saturated carbocycles. The molecule has 0 bridgehead atoms. The lowest BCUT2D eigenvalue weighted by atomic mass is 10.2. The summed E-state index contributed by atoms with van der Waals surface area (Å²) in [4.78, 5) is 23.4. The van der Waals surface area contributed by atoms with Crippen LogP contribution in [0.4, 0.5) is 5.69 Å². The van der Waals surface area contributed by atoms with Crippen molar-refractivity contribution >= 4 is 38.9 Å². The molecule has 0 saturated heterocycles. The molecule has 0 fully saturated rings. The number of rotatable bonds is 6. The van der Waals surface area contributed by atoms with Gasteiger partial charge in [-0.1, -0.05) is 18.2 Å². The van der Waals surface area contributed by atoms with E-state index in [1.165, 1.54) is 29.6 Å². The molecular weight excluding hydrogens is 352 g/mol. The Morgan fingerprint density at radius 3 is 2.50 bits per heavy atom. The molecule has 128 valence electrons. The van der Waals surface area contributed by atoms with Crippen LogP contribution in [0.25, 0.3) is 0 Å². The zero-order valence-corrected chi connectivity index (χ0v) is 14.5. The summed E-state index contributed by atoms with van der Waals surface area (Å²) in [6.45, 7) is 3.38. The van der Waals surface area contributed by atoms with E-state index in [1.54, 1.807) is 19.9 Å². The molecule has 1 aromatic carbocycles. The lowest BCUT2D eigenvalue weighted by Gasteiger charge is -2.10. The van der Waals surface area contributed by atoms with Gasteiger partial charge in [-0.3, -0.25) is 4.79 Å². The fourth-order valence-corrected chi connectivity index (χ4v) is 4.33. The van der Waals surface area contributed by atoms with E-state index in [4.69, 9.17) is 0 Å². The molecule has 2 N–H and O–H groups in total. The Hall–Kier alpha value is -2.23. The van der Waals surface area contributed by atoms with E-state index in [0.717, 1.165) is 11.3 Å². The summed E-state index contributed by atoms with van der Waals surface area (Å²) in [5.41, 5.74) is -0.0719. The number of amides is 1. The first-order chi connectivity index (χ1) is 11.2. The van der Waals surface area contributed by atoms with E-state index in [0.29, 0.717) is 0 Å². The lowest BCUT2D eigenvalue weighted by Crippen LogP contribution is -2.29. The van der Waals surface area contributed by atoms with Gasteiger partial charge in [0.25, 0.3) is 5.91 Å². The van der Waals surface area contributed by atoms with Crippen molar-refractivity contribution in [2.24, 2.45) is 0 Å². The van der Waals surface area contributed by atoms with Crippen LogP contribution in [0.5, 0.6) is 0 Å². The molecule has 1 amide bonds. The maximum atomic E-state index is 12.2. The van der Waals surface area contributed by atoms with E-state index >= 15 is 0 Å². The molecule has 0 aliphatic carbocycles. The highest BCUT2D eigenvalue weighted by molar-refractivity contribution is 7.89. The summed E-state index contributed by atoms with van der Waals surface area (Å²) in [5.74, 6) is -2.01. The second kappa shape index (κ2) is 7.12. The van der Waals surface area contributed by atoms with E-state index in [1.807, 2.05) is 0 Å². The van der Waals surface area contributed by atoms with Crippen molar-refractivity contribution in [2.45, 2.75) is 24.8 Å². The summed E-state index contributed by atoms with van der Waals surface area (Å²) in [6.07, 6.45) is 0. The molecule has 0 atom stereocenters. The van der Waals surface area contributed by atoms with E-state index in [9.17, 15) is 23.1 Å². The normalized spacial score (nSPS) is 11.5. The molecule has 1 heterocycles. The van der Waals surface area contributed by atoms with Crippen LogP contribution in [0, 0.1) is 0 Å². The van der Waals surface area contributed by atoms with Crippen LogP contribution in [-0.2, 0) is 10.0 Å². The highest BCUT2D eigenvalue weighted by Crippen LogP contribution is 2.22. The first kappa shape index (κ1) is 18.1. The van der Waals surface area contributed by atoms with Crippen molar-refractivity contribution in [3.8, 4) is 0 Å². The summed E-state index contributed by atoms with van der Waals surface area (Å²) >= 11 is 0.951. The third-order valence-corrected chi connectivity index (χ3v) is 5.61. The Bertz CT molecular complexity index is 871. The van der Waals surface area contributed by atoms with Crippen molar-refractivity contribution < 1.29 is 23.1 Å². The van der Waals surface area contributed by atoms with E-state index < -0.39 is 21.9 Å². The third-order valence-electron chi connectivity index (χ3n) is 2.90. The molecule has 2 aromatic rings. The Balaban J connectivity index is 2.23. The highest BCUT2D eigenvalue weighted by Gasteiger charge is 2.20. The standard InChI is InChI=1S/C15H16N2O5S2/c1-9(2)17-24(21,22)10-7-13(23-8-10)14(18)16-12-6-4-3-5-11(12)15(19)20/h3-9,17H,1-2H3,(H,16,18)(H,19,20)/p-1. The molecular formula is C15H15N2O5S2-. The maximum Gasteiger partial charge on any atom is 0.265 e. The monoisotopic (exact) mass is 367 g/mol. The predicted molar refractivity (Wildman–Crippen MR) is 88.5 cm³/mol. The molecule has 0 aliphatic rings. The van der Waals surface area contributed by atoms with Gasteiger partial charge in [-0.05, 0) is 26.0 Å². The number of nitrogens with one attached hydrogen (secondary N) is 2. The largest absolute Gasteiger partial charge is 0.545 e. The number of carbonyl (C=O) groups excluding carboxylic acids is 2. The van der Waals surface area contributed by atoms with E-state index in [2.05, 4.69) is 10.0 Å². The number of hydrogen-bond acceptors (Lipinski definition) is 6. The fourth-order valence-electron chi connectivity index (χ4n) is 1.91. The van der Waals surface area contributed by atoms with Crippen molar-refractivity contribution in [1.82, 2.24) is 4.72 Å². The first-order valence-electron chi connectivity index (χ1n) is 6.93. The zero-order chi connectivity index (χ0) is 17.9. The Morgan fingerprint density at radius 2 is 1.88 bits per heavy atom. The van der Waals surface area contributed by atoms with Crippen LogP contribution in [0.3, 0.4) is 0 Å². The first-order valence-corrected chi connectivity index (χ1v) is 9.29. The molecule has 0 radical (unpaired) electrons. The quantitative estimate of drug-likeness (QED) is 0.792. The number of aromatic carboxylic acids is 1. The van der Waals surface area contributed by atoms with Crippen LogP contribution in [0.2, 0.25) is 0 Å². The van der Waals surface area contributed by atoms with Crippen LogP contribution in [0.15, 0.2) is 40.6 Å². The van der Waals surface area contributed by atoms with Gasteiger partial charge in [0.2, 0.25) is 10.0 Å². The van der Waals surface area contributed by atoms with Crippen LogP contribution in [0.1, 0.15) is 33.9 Å². The number of para-hydroxylation sites is 1. The molecule has 2 rings (SSSR count). The number of carbonyl (C=O) groups is 2. The summed E-state index contributed by atoms with van der Waals surface area (Å²) in [7, 11) is -3.69. The fraction of sp³-hybridized carbons (Fsp3) is 0.200. The zero-order valence-electron chi connectivity index (χ0n) is 12.9. The van der Waals surface area contributed by atoms with Crippen LogP contribution < -0.4 is 15.1 Å². The number of thiophene rings is 1. The topological polar surface area (TPSA) is 115 Å². The van der Waals surface area contributed by atoms with Crippen LogP contribution in [-0.4, -0.2) is 26.3 Å². The summed E-state index contributed by atoms with van der Waals surface area (Å²) in [5, 5.41) is 14.8. The SMILES string of the molecule is CC(C)NS(=O)(=O)c1csc(C(=O)Nc2ccccc2C(=O)[O-])c1. The summed E-state index contributed by atoms with van der Waals surface area (Å²) in [6, 6.07) is 6.78. The van der Waals surface area contributed by atoms with Crippen molar-refractivity contribution in [3.05, 3.63) is 46.2 Å². The average Bonchev–Trinajstić information content (AvgIpc) is 2.97. The lowest BCUT2D eigenvalue weighted by molar-refractivity contribution is -0.254. The predicted octanol–water partition coefficient (Wildman–Crippen LogP) is 1.05. The Labute approximate surface area is 143 Å². The smallest absolute Gasteiger partial charge is 0.265 e. The molecule has 0 aliphatic heterocycles. The number of hydrogen-bond donors (Lipinski definition) is 2. The maximum absolute atomic E-state index is 12.2. The third kappa shape index (κ3) is 4.19. The van der Waals surface area contributed by atoms with Gasteiger partial charge in [0.05, 0.1) is 21.4 Å². The minimum Gasteiger partial charge on any atom is -0.545 e. The van der Waals surface area contributed by atoms with Crippen molar-refractivity contribution in [3.63, 3.8) is 0 Å². The van der Waals surface area contributed by atoms with Crippen molar-refractivity contribution in [1.29, 1.82) is 0 Å². The van der Waals surface area contributed by atoms with Crippen LogP contribution >= 0.6 is 11.3 Å². The van der Waals surface area contributed by atoms with Gasteiger partial charge in [0.1, 0.15) is 0 Å². The second-order valence-corrected chi connectivity index (χ2v) is 7.84. The second-order valence-electron chi connectivity index (χ2n) is 5.21. The minimum atomic E-state index is -3.69. The molecule has 1 aromatic heterocycles. The van der Waals surface area contributed by atoms with Gasteiger partial charge in [-0.15, -0.1) is 11.3 Å². The van der Waals surface area contributed by atoms with Gasteiger partial charge in [0.15, 0.2) is 0 Å². The Morgan fingerprint density at radius 1 is 1.21 bits per heavy atom. The average molecular weight is 367 g/mol. The van der Waals surface area contributed by atoms with Gasteiger partial charge in [-0.25, -0.2) is 13.1 Å². The number of sulfonamides is 1. The van der Waals surface area contributed by atoms with E-state index in [-0.39, 0.29) is 27.1 Å². The van der Waals surface area contributed by atoms with Gasteiger partial charge < -0.3 is 15.2 Å². The number of carboxylic acids is 1. The molecule has 0 spiro atoms. The van der Waals surface area contributed by atoms with Gasteiger partial charge in [-0.2, -0.15) is 0 Å². The molecule has 24 heavy (non-hydrogen) atoms. The number of carboxylic acid groups (broad SMARTS) is 1.